The molecule has 1 aliphatic heterocycles. The maximum absolute atomic E-state index is 12.6. The quantitative estimate of drug-likeness (QED) is 0.912. The first-order valence-corrected chi connectivity index (χ1v) is 7.75. The summed E-state index contributed by atoms with van der Waals surface area (Å²) in [7, 11) is 0. The zero-order chi connectivity index (χ0) is 13.3. The molecule has 1 aromatic rings. The number of thiophene rings is 1. The van der Waals surface area contributed by atoms with Gasteiger partial charge in [-0.1, -0.05) is 12.8 Å². The Morgan fingerprint density at radius 2 is 2.11 bits per heavy atom. The van der Waals surface area contributed by atoms with Gasteiger partial charge in [-0.3, -0.25) is 9.59 Å². The van der Waals surface area contributed by atoms with E-state index in [1.54, 1.807) is 16.2 Å². The summed E-state index contributed by atoms with van der Waals surface area (Å²) in [5.41, 5.74) is 0.661. The largest absolute Gasteiger partial charge is 0.340 e. The minimum Gasteiger partial charge on any atom is -0.340 e. The summed E-state index contributed by atoms with van der Waals surface area (Å²) < 4.78 is 0. The van der Waals surface area contributed by atoms with Crippen molar-refractivity contribution in [2.45, 2.75) is 37.6 Å². The van der Waals surface area contributed by atoms with Crippen molar-refractivity contribution in [3.8, 4) is 0 Å². The number of carbonyl (C=O) groups excluding carboxylic acids is 2. The van der Waals surface area contributed by atoms with Crippen molar-refractivity contribution in [2.75, 3.05) is 13.1 Å². The first kappa shape index (κ1) is 12.7. The molecule has 0 aromatic carbocycles. The summed E-state index contributed by atoms with van der Waals surface area (Å²) in [6, 6.07) is 2.07. The molecule has 1 aliphatic carbocycles. The third-order valence-corrected chi connectivity index (χ3v) is 4.85. The fourth-order valence-corrected chi connectivity index (χ4v) is 3.81. The highest BCUT2D eigenvalue weighted by atomic mass is 32.1. The number of nitrogens with zero attached hydrogens (tertiary/aromatic N) is 1. The molecule has 2 aliphatic rings. The molecule has 2 amide bonds. The molecule has 4 nitrogen and oxygen atoms in total. The molecule has 5 heteroatoms. The second kappa shape index (κ2) is 4.96. The second-order valence-corrected chi connectivity index (χ2v) is 6.23. The van der Waals surface area contributed by atoms with Gasteiger partial charge in [-0.25, -0.2) is 0 Å². The van der Waals surface area contributed by atoms with Crippen molar-refractivity contribution in [1.82, 2.24) is 10.2 Å². The molecule has 1 saturated carbocycles. The smallest absolute Gasteiger partial charge is 0.248 e. The third kappa shape index (κ3) is 2.39. The molecule has 19 heavy (non-hydrogen) atoms. The van der Waals surface area contributed by atoms with E-state index in [1.165, 1.54) is 5.56 Å². The van der Waals surface area contributed by atoms with Crippen molar-refractivity contribution in [2.24, 2.45) is 0 Å². The monoisotopic (exact) mass is 278 g/mol. The number of hydrogen-bond acceptors (Lipinski definition) is 3. The number of nitrogens with one attached hydrogen (secondary N) is 1. The van der Waals surface area contributed by atoms with Crippen molar-refractivity contribution < 1.29 is 9.59 Å². The molecule has 1 aromatic heterocycles. The van der Waals surface area contributed by atoms with Crippen LogP contribution in [0.3, 0.4) is 0 Å². The highest BCUT2D eigenvalue weighted by Gasteiger charge is 2.47. The Morgan fingerprint density at radius 1 is 1.32 bits per heavy atom. The zero-order valence-electron chi connectivity index (χ0n) is 10.9. The topological polar surface area (TPSA) is 49.4 Å². The Hall–Kier alpha value is -1.36. The van der Waals surface area contributed by atoms with Gasteiger partial charge in [-0.15, -0.1) is 0 Å². The van der Waals surface area contributed by atoms with Crippen molar-refractivity contribution in [3.63, 3.8) is 0 Å². The lowest BCUT2D eigenvalue weighted by Crippen LogP contribution is -2.65. The van der Waals surface area contributed by atoms with E-state index in [-0.39, 0.29) is 18.4 Å². The number of amides is 2. The van der Waals surface area contributed by atoms with Crippen LogP contribution in [0.25, 0.3) is 0 Å². The van der Waals surface area contributed by atoms with E-state index < -0.39 is 5.54 Å². The first-order chi connectivity index (χ1) is 9.20. The van der Waals surface area contributed by atoms with Gasteiger partial charge >= 0.3 is 0 Å². The van der Waals surface area contributed by atoms with Crippen LogP contribution < -0.4 is 5.32 Å². The fraction of sp³-hybridized carbons (Fsp3) is 0.571. The van der Waals surface area contributed by atoms with Gasteiger partial charge < -0.3 is 10.2 Å². The van der Waals surface area contributed by atoms with Crippen molar-refractivity contribution >= 4 is 23.2 Å². The van der Waals surface area contributed by atoms with E-state index >= 15 is 0 Å². The molecule has 1 spiro atoms. The lowest BCUT2D eigenvalue weighted by molar-refractivity contribution is -0.149. The number of rotatable bonds is 3. The van der Waals surface area contributed by atoms with Crippen LogP contribution in [0.2, 0.25) is 0 Å². The van der Waals surface area contributed by atoms with Crippen LogP contribution in [0.5, 0.6) is 0 Å². The highest BCUT2D eigenvalue weighted by molar-refractivity contribution is 7.07. The summed E-state index contributed by atoms with van der Waals surface area (Å²) in [6.07, 6.45) is 4.49. The van der Waals surface area contributed by atoms with Crippen LogP contribution >= 0.6 is 11.3 Å². The Bertz CT molecular complexity index is 478. The predicted molar refractivity (Wildman–Crippen MR) is 73.9 cm³/mol. The molecule has 0 atom stereocenters. The average Bonchev–Trinajstić information content (AvgIpc) is 3.04. The van der Waals surface area contributed by atoms with E-state index in [1.807, 2.05) is 5.38 Å². The highest BCUT2D eigenvalue weighted by Crippen LogP contribution is 2.33. The maximum Gasteiger partial charge on any atom is 0.248 e. The fourth-order valence-electron chi connectivity index (χ4n) is 3.10. The van der Waals surface area contributed by atoms with Gasteiger partial charge in [0.1, 0.15) is 5.54 Å². The van der Waals surface area contributed by atoms with E-state index in [9.17, 15) is 9.59 Å². The van der Waals surface area contributed by atoms with Gasteiger partial charge in [0, 0.05) is 6.54 Å². The standard InChI is InChI=1S/C14H18N2O2S/c17-12-9-16(7-3-11-4-8-19-10-11)13(18)14(15-12)5-1-2-6-14/h4,8,10H,1-3,5-7,9H2,(H,15,17). The number of hydrogen-bond donors (Lipinski definition) is 1. The Balaban J connectivity index is 1.70. The van der Waals surface area contributed by atoms with E-state index in [4.69, 9.17) is 0 Å². The average molecular weight is 278 g/mol. The summed E-state index contributed by atoms with van der Waals surface area (Å²) >= 11 is 1.66. The lowest BCUT2D eigenvalue weighted by Gasteiger charge is -2.39. The normalized spacial score (nSPS) is 22.0. The SMILES string of the molecule is O=C1CN(CCc2ccsc2)C(=O)C2(CCCC2)N1. The Kier molecular flexibility index (Phi) is 3.31. The molecule has 102 valence electrons. The molecule has 0 radical (unpaired) electrons. The lowest BCUT2D eigenvalue weighted by atomic mass is 9.93. The van der Waals surface area contributed by atoms with Gasteiger partial charge in [0.2, 0.25) is 11.8 Å². The summed E-state index contributed by atoms with van der Waals surface area (Å²) in [4.78, 5) is 26.1. The van der Waals surface area contributed by atoms with Crippen LogP contribution in [-0.2, 0) is 16.0 Å². The molecule has 0 bridgehead atoms. The second-order valence-electron chi connectivity index (χ2n) is 5.45. The molecular weight excluding hydrogens is 260 g/mol. The van der Waals surface area contributed by atoms with Gasteiger partial charge in [-0.05, 0) is 41.7 Å². The van der Waals surface area contributed by atoms with Crippen molar-refractivity contribution in [1.29, 1.82) is 0 Å². The van der Waals surface area contributed by atoms with Gasteiger partial charge in [0.25, 0.3) is 0 Å². The maximum atomic E-state index is 12.6. The minimum absolute atomic E-state index is 0.00758. The molecule has 1 N–H and O–H groups in total. The molecule has 2 heterocycles. The Morgan fingerprint density at radius 3 is 2.79 bits per heavy atom. The summed E-state index contributed by atoms with van der Waals surface area (Å²) in [5, 5.41) is 7.07. The van der Waals surface area contributed by atoms with E-state index in [2.05, 4.69) is 16.8 Å². The van der Waals surface area contributed by atoms with Crippen LogP contribution in [-0.4, -0.2) is 35.3 Å². The van der Waals surface area contributed by atoms with Gasteiger partial charge in [-0.2, -0.15) is 11.3 Å². The van der Waals surface area contributed by atoms with Gasteiger partial charge in [0.05, 0.1) is 6.54 Å². The molecule has 3 rings (SSSR count). The van der Waals surface area contributed by atoms with E-state index in [0.29, 0.717) is 6.54 Å². The Labute approximate surface area is 116 Å². The molecule has 0 unspecified atom stereocenters. The van der Waals surface area contributed by atoms with Crippen molar-refractivity contribution in [3.05, 3.63) is 22.4 Å². The van der Waals surface area contributed by atoms with Crippen LogP contribution in [0, 0.1) is 0 Å². The molecular formula is C14H18N2O2S. The zero-order valence-corrected chi connectivity index (χ0v) is 11.7. The minimum atomic E-state index is -0.579. The summed E-state index contributed by atoms with van der Waals surface area (Å²) in [6.45, 7) is 0.857. The summed E-state index contributed by atoms with van der Waals surface area (Å²) in [5.74, 6) is 0.117. The third-order valence-electron chi connectivity index (χ3n) is 4.12. The predicted octanol–water partition coefficient (Wildman–Crippen LogP) is 1.56. The van der Waals surface area contributed by atoms with Crippen LogP contribution in [0.4, 0.5) is 0 Å². The van der Waals surface area contributed by atoms with E-state index in [0.717, 1.165) is 32.1 Å². The first-order valence-electron chi connectivity index (χ1n) is 6.81. The molecule has 1 saturated heterocycles. The van der Waals surface area contributed by atoms with Crippen LogP contribution in [0.1, 0.15) is 31.2 Å². The molecule has 2 fully saturated rings. The van der Waals surface area contributed by atoms with Crippen LogP contribution in [0.15, 0.2) is 16.8 Å². The number of piperazine rings is 1. The van der Waals surface area contributed by atoms with Gasteiger partial charge in [0.15, 0.2) is 0 Å². The number of carbonyl (C=O) groups is 2.